The van der Waals surface area contributed by atoms with Crippen molar-refractivity contribution < 1.29 is 35.9 Å². The first-order valence-corrected chi connectivity index (χ1v) is 9.43. The van der Waals surface area contributed by atoms with Crippen molar-refractivity contribution in [2.75, 3.05) is 10.6 Å². The summed E-state index contributed by atoms with van der Waals surface area (Å²) >= 11 is 0. The molecular weight excluding hydrogens is 466 g/mol. The van der Waals surface area contributed by atoms with Gasteiger partial charge in [-0.3, -0.25) is 9.97 Å². The van der Waals surface area contributed by atoms with Crippen LogP contribution in [0.4, 0.5) is 42.5 Å². The molecule has 2 N–H and O–H groups in total. The lowest BCUT2D eigenvalue weighted by atomic mass is 10.2. The second kappa shape index (κ2) is 8.89. The SMILES string of the molecule is O=C(Nc1cccc(C(F)(F)F)c1)Nc1cc(F)c(F)c(Oc2ccc3nccnc3c2)c1F. The van der Waals surface area contributed by atoms with Crippen LogP contribution in [0.25, 0.3) is 11.0 Å². The van der Waals surface area contributed by atoms with Crippen molar-refractivity contribution in [3.63, 3.8) is 0 Å². The summed E-state index contributed by atoms with van der Waals surface area (Å²) in [5.41, 5.74) is -1.28. The zero-order valence-electron chi connectivity index (χ0n) is 16.8. The normalized spacial score (nSPS) is 11.4. The Kier molecular flexibility index (Phi) is 5.97. The van der Waals surface area contributed by atoms with Crippen LogP contribution in [0.2, 0.25) is 0 Å². The van der Waals surface area contributed by atoms with E-state index >= 15 is 0 Å². The molecule has 0 fully saturated rings. The number of urea groups is 1. The number of nitrogens with one attached hydrogen (secondary N) is 2. The van der Waals surface area contributed by atoms with E-state index in [1.165, 1.54) is 30.6 Å². The molecule has 0 aliphatic rings. The summed E-state index contributed by atoms with van der Waals surface area (Å²) in [5, 5.41) is 3.99. The standard InChI is InChI=1S/C22H12F6N4O2/c23-14-10-17(32-21(33)31-12-3-1-2-11(8-12)22(26,27)28)19(25)20(18(14)24)34-13-4-5-15-16(9-13)30-7-6-29-15/h1-10H,(H2,31,32,33). The lowest BCUT2D eigenvalue weighted by molar-refractivity contribution is -0.137. The second-order valence-electron chi connectivity index (χ2n) is 6.83. The molecule has 1 heterocycles. The van der Waals surface area contributed by atoms with Gasteiger partial charge in [0.1, 0.15) is 5.75 Å². The van der Waals surface area contributed by atoms with Gasteiger partial charge in [-0.05, 0) is 30.3 Å². The van der Waals surface area contributed by atoms with Gasteiger partial charge in [-0.1, -0.05) is 6.07 Å². The molecule has 12 heteroatoms. The molecule has 0 aliphatic carbocycles. The quantitative estimate of drug-likeness (QED) is 0.259. The van der Waals surface area contributed by atoms with Crippen molar-refractivity contribution in [3.05, 3.63) is 83.9 Å². The van der Waals surface area contributed by atoms with Crippen molar-refractivity contribution in [3.8, 4) is 11.5 Å². The molecule has 2 amide bonds. The first kappa shape index (κ1) is 22.8. The first-order valence-electron chi connectivity index (χ1n) is 9.43. The number of carbonyl (C=O) groups is 1. The van der Waals surface area contributed by atoms with E-state index < -0.39 is 46.7 Å². The van der Waals surface area contributed by atoms with Crippen LogP contribution < -0.4 is 15.4 Å². The van der Waals surface area contributed by atoms with Crippen LogP contribution >= 0.6 is 0 Å². The van der Waals surface area contributed by atoms with Crippen molar-refractivity contribution in [2.24, 2.45) is 0 Å². The molecule has 174 valence electrons. The highest BCUT2D eigenvalue weighted by Gasteiger charge is 2.30. The third-order valence-electron chi connectivity index (χ3n) is 4.47. The van der Waals surface area contributed by atoms with Gasteiger partial charge in [-0.25, -0.2) is 13.6 Å². The van der Waals surface area contributed by atoms with Gasteiger partial charge in [-0.2, -0.15) is 17.6 Å². The summed E-state index contributed by atoms with van der Waals surface area (Å²) in [5.74, 6) is -5.86. The van der Waals surface area contributed by atoms with Crippen LogP contribution in [0.3, 0.4) is 0 Å². The Morgan fingerprint density at radius 1 is 0.853 bits per heavy atom. The van der Waals surface area contributed by atoms with E-state index in [9.17, 15) is 31.1 Å². The van der Waals surface area contributed by atoms with Gasteiger partial charge in [0.25, 0.3) is 0 Å². The van der Waals surface area contributed by atoms with E-state index in [4.69, 9.17) is 4.74 Å². The summed E-state index contributed by atoms with van der Waals surface area (Å²) in [4.78, 5) is 20.2. The summed E-state index contributed by atoms with van der Waals surface area (Å²) in [6, 6.07) is 6.94. The number of alkyl halides is 3. The van der Waals surface area contributed by atoms with E-state index in [-0.39, 0.29) is 11.4 Å². The second-order valence-corrected chi connectivity index (χ2v) is 6.83. The third kappa shape index (κ3) is 4.85. The zero-order valence-corrected chi connectivity index (χ0v) is 16.8. The van der Waals surface area contributed by atoms with Crippen LogP contribution in [-0.4, -0.2) is 16.0 Å². The number of nitrogens with zero attached hydrogens (tertiary/aromatic N) is 2. The van der Waals surface area contributed by atoms with Crippen LogP contribution in [0.1, 0.15) is 5.56 Å². The van der Waals surface area contributed by atoms with E-state index in [2.05, 4.69) is 15.3 Å². The molecule has 6 nitrogen and oxygen atoms in total. The fourth-order valence-electron chi connectivity index (χ4n) is 2.94. The predicted molar refractivity (Wildman–Crippen MR) is 110 cm³/mol. The average Bonchev–Trinajstić information content (AvgIpc) is 2.79. The van der Waals surface area contributed by atoms with Crippen LogP contribution in [0, 0.1) is 17.5 Å². The smallest absolute Gasteiger partial charge is 0.416 e. The molecule has 3 aromatic carbocycles. The molecule has 0 unspecified atom stereocenters. The topological polar surface area (TPSA) is 76.1 Å². The third-order valence-corrected chi connectivity index (χ3v) is 4.47. The molecule has 0 saturated heterocycles. The summed E-state index contributed by atoms with van der Waals surface area (Å²) in [7, 11) is 0. The van der Waals surface area contributed by atoms with Gasteiger partial charge in [-0.15, -0.1) is 0 Å². The van der Waals surface area contributed by atoms with Gasteiger partial charge in [0.05, 0.1) is 22.3 Å². The number of rotatable bonds is 4. The minimum atomic E-state index is -4.65. The molecule has 0 spiro atoms. The lowest BCUT2D eigenvalue weighted by Crippen LogP contribution is -2.21. The number of hydrogen-bond donors (Lipinski definition) is 2. The van der Waals surface area contributed by atoms with E-state index in [0.29, 0.717) is 23.2 Å². The van der Waals surface area contributed by atoms with E-state index in [0.717, 1.165) is 18.2 Å². The highest BCUT2D eigenvalue weighted by atomic mass is 19.4. The highest BCUT2D eigenvalue weighted by Crippen LogP contribution is 2.35. The molecule has 1 aromatic heterocycles. The van der Waals surface area contributed by atoms with Gasteiger partial charge in [0.15, 0.2) is 11.6 Å². The molecule has 0 bridgehead atoms. The van der Waals surface area contributed by atoms with Crippen molar-refractivity contribution in [1.29, 1.82) is 0 Å². The number of fused-ring (bicyclic) bond motifs is 1. The number of amides is 2. The number of ether oxygens (including phenoxy) is 1. The fourth-order valence-corrected chi connectivity index (χ4v) is 2.94. The fraction of sp³-hybridized carbons (Fsp3) is 0.0455. The Morgan fingerprint density at radius 2 is 1.59 bits per heavy atom. The number of anilines is 2. The number of aromatic nitrogens is 2. The Hall–Kier alpha value is -4.35. The number of hydrogen-bond acceptors (Lipinski definition) is 4. The van der Waals surface area contributed by atoms with E-state index in [1.54, 1.807) is 0 Å². The average molecular weight is 478 g/mol. The summed E-state index contributed by atoms with van der Waals surface area (Å²) in [6.45, 7) is 0. The van der Waals surface area contributed by atoms with Gasteiger partial charge >= 0.3 is 12.2 Å². The Morgan fingerprint density at radius 3 is 2.32 bits per heavy atom. The van der Waals surface area contributed by atoms with Gasteiger partial charge < -0.3 is 15.4 Å². The monoisotopic (exact) mass is 478 g/mol. The minimum Gasteiger partial charge on any atom is -0.451 e. The number of benzene rings is 3. The van der Waals surface area contributed by atoms with Gasteiger partial charge in [0, 0.05) is 30.2 Å². The number of carbonyl (C=O) groups excluding carboxylic acids is 1. The predicted octanol–water partition coefficient (Wildman–Crippen LogP) is 6.50. The molecule has 0 radical (unpaired) electrons. The van der Waals surface area contributed by atoms with Crippen molar-refractivity contribution >= 4 is 28.4 Å². The lowest BCUT2D eigenvalue weighted by Gasteiger charge is -2.14. The van der Waals surface area contributed by atoms with Crippen LogP contribution in [0.5, 0.6) is 11.5 Å². The maximum Gasteiger partial charge on any atom is 0.416 e. The summed E-state index contributed by atoms with van der Waals surface area (Å²) < 4.78 is 86.9. The number of halogens is 6. The minimum absolute atomic E-state index is 0.0873. The van der Waals surface area contributed by atoms with Crippen molar-refractivity contribution in [1.82, 2.24) is 9.97 Å². The molecule has 0 saturated carbocycles. The van der Waals surface area contributed by atoms with E-state index in [1.807, 2.05) is 5.32 Å². The molecular formula is C22H12F6N4O2. The van der Waals surface area contributed by atoms with Crippen LogP contribution in [-0.2, 0) is 6.18 Å². The molecule has 0 atom stereocenters. The largest absolute Gasteiger partial charge is 0.451 e. The highest BCUT2D eigenvalue weighted by molar-refractivity contribution is 6.00. The maximum atomic E-state index is 14.9. The van der Waals surface area contributed by atoms with Crippen molar-refractivity contribution in [2.45, 2.75) is 6.18 Å². The molecule has 0 aliphatic heterocycles. The van der Waals surface area contributed by atoms with Gasteiger partial charge in [0.2, 0.25) is 11.6 Å². The summed E-state index contributed by atoms with van der Waals surface area (Å²) in [6.07, 6.45) is -1.82. The Balaban J connectivity index is 1.57. The molecule has 4 rings (SSSR count). The Labute approximate surface area is 187 Å². The molecule has 4 aromatic rings. The first-order chi connectivity index (χ1) is 16.1. The zero-order chi connectivity index (χ0) is 24.5. The maximum absolute atomic E-state index is 14.9. The van der Waals surface area contributed by atoms with Crippen LogP contribution in [0.15, 0.2) is 60.9 Å². The Bertz CT molecular complexity index is 1390. The molecule has 34 heavy (non-hydrogen) atoms.